The Labute approximate surface area is 363 Å². The van der Waals surface area contributed by atoms with Crippen molar-refractivity contribution in [2.45, 2.75) is 163 Å². The van der Waals surface area contributed by atoms with Gasteiger partial charge in [-0.25, -0.2) is 0 Å². The predicted molar refractivity (Wildman–Crippen MR) is 239 cm³/mol. The van der Waals surface area contributed by atoms with Crippen LogP contribution in [0.1, 0.15) is 157 Å². The summed E-state index contributed by atoms with van der Waals surface area (Å²) in [6.07, 6.45) is 12.7. The lowest BCUT2D eigenvalue weighted by molar-refractivity contribution is -0.123. The number of nitriles is 4. The molecule has 0 aromatic heterocycles. The second-order valence-corrected chi connectivity index (χ2v) is 21.0. The molecule has 60 heavy (non-hydrogen) atoms. The van der Waals surface area contributed by atoms with Crippen LogP contribution in [0.3, 0.4) is 0 Å². The van der Waals surface area contributed by atoms with Crippen LogP contribution in [0, 0.1) is 83.7 Å². The number of carbonyl (C=O) groups is 4. The Hall–Kier alpha value is -4.48. The van der Waals surface area contributed by atoms with Gasteiger partial charge in [-0.05, 0) is 63.9 Å². The molecule has 1 aliphatic heterocycles. The van der Waals surface area contributed by atoms with E-state index in [2.05, 4.69) is 6.92 Å². The first-order valence-corrected chi connectivity index (χ1v) is 20.6. The molecule has 2 aliphatic carbocycles. The number of hydrogen-bond acceptors (Lipinski definition) is 10. The van der Waals surface area contributed by atoms with Crippen LogP contribution in [0.25, 0.3) is 0 Å². The fourth-order valence-electron chi connectivity index (χ4n) is 5.57. The van der Waals surface area contributed by atoms with Crippen LogP contribution >= 0.6 is 0 Å². The number of ketones is 4. The highest BCUT2D eigenvalue weighted by atomic mass is 16.5. The third-order valence-electron chi connectivity index (χ3n) is 9.56. The maximum atomic E-state index is 11.9. The quantitative estimate of drug-likeness (QED) is 0.152. The van der Waals surface area contributed by atoms with Crippen molar-refractivity contribution in [1.82, 2.24) is 0 Å². The van der Waals surface area contributed by atoms with Crippen LogP contribution in [0.4, 0.5) is 0 Å². The van der Waals surface area contributed by atoms with Gasteiger partial charge in [0, 0.05) is 33.7 Å². The largest absolute Gasteiger partial charge is 0.379 e. The standard InChI is InChI=1S/C13H21NO2.C13H19NO.C12H17NO2.C11H15NO.CH4/c1-7-16-13(5,6)8-10(9-14)11(15)12(2,3)4;1-12(2,3)11(15)10(9-14)8-13(4)6-5-7-13;1-11(2,3)10(14)9(6-13)5-12(4)7-15-8-12;1-11(2,3)10(13)9(7-12)6-8-4-5-8;/h8H,7H2,1-6H3;8H,5-7H2,1-4H3;5H,7-8H2,1-4H3;6,8H,4-5H2,1-3H3;1H4/b2*10-8+;9-5+;9-6+;. The molecule has 2 saturated carbocycles. The molecule has 0 amide bonds. The fourth-order valence-corrected chi connectivity index (χ4v) is 5.57. The number of allylic oxidation sites excluding steroid dienone is 6. The number of hydrogen-bond donors (Lipinski definition) is 0. The van der Waals surface area contributed by atoms with Gasteiger partial charge < -0.3 is 9.47 Å². The molecule has 0 spiro atoms. The van der Waals surface area contributed by atoms with Crippen molar-refractivity contribution in [1.29, 1.82) is 21.0 Å². The maximum absolute atomic E-state index is 11.9. The predicted octanol–water partition coefficient (Wildman–Crippen LogP) is 11.3. The second-order valence-electron chi connectivity index (χ2n) is 21.0. The summed E-state index contributed by atoms with van der Waals surface area (Å²) in [6.45, 7) is 33.3. The zero-order chi connectivity index (χ0) is 46.4. The normalized spacial score (nSPS) is 17.7. The maximum Gasteiger partial charge on any atom is 0.178 e. The summed E-state index contributed by atoms with van der Waals surface area (Å²) >= 11 is 0. The van der Waals surface area contributed by atoms with Gasteiger partial charge in [0.05, 0.1) is 41.1 Å². The Morgan fingerprint density at radius 1 is 0.600 bits per heavy atom. The Kier molecular flexibility index (Phi) is 22.0. The summed E-state index contributed by atoms with van der Waals surface area (Å²) in [5, 5.41) is 35.8. The highest BCUT2D eigenvalue weighted by Gasteiger charge is 2.35. The number of ether oxygens (including phenoxy) is 2. The number of Topliss-reactive ketones (excluding diaryl/α,β-unsaturated/α-hetero) is 4. The monoisotopic (exact) mass is 829 g/mol. The fraction of sp³-hybridized carbons (Fsp3) is 0.680. The van der Waals surface area contributed by atoms with Gasteiger partial charge in [0.15, 0.2) is 23.1 Å². The molecule has 3 aliphatic rings. The van der Waals surface area contributed by atoms with E-state index in [1.807, 2.05) is 126 Å². The van der Waals surface area contributed by atoms with Crippen molar-refractivity contribution in [2.24, 2.45) is 38.4 Å². The van der Waals surface area contributed by atoms with Gasteiger partial charge in [-0.3, -0.25) is 19.2 Å². The molecule has 0 bridgehead atoms. The number of carbonyl (C=O) groups excluding carboxylic acids is 4. The van der Waals surface area contributed by atoms with E-state index >= 15 is 0 Å². The van der Waals surface area contributed by atoms with Crippen molar-refractivity contribution in [3.8, 4) is 24.3 Å². The minimum Gasteiger partial charge on any atom is -0.379 e. The van der Waals surface area contributed by atoms with Crippen LogP contribution < -0.4 is 0 Å². The van der Waals surface area contributed by atoms with Crippen LogP contribution in [0.2, 0.25) is 0 Å². The summed E-state index contributed by atoms with van der Waals surface area (Å²) in [4.78, 5) is 47.4. The first-order chi connectivity index (χ1) is 26.7. The van der Waals surface area contributed by atoms with E-state index in [0.29, 0.717) is 36.9 Å². The lowest BCUT2D eigenvalue weighted by atomic mass is 9.69. The van der Waals surface area contributed by atoms with Crippen molar-refractivity contribution in [3.63, 3.8) is 0 Å². The van der Waals surface area contributed by atoms with E-state index in [1.165, 1.54) is 6.42 Å². The molecule has 1 saturated heterocycles. The van der Waals surface area contributed by atoms with Crippen molar-refractivity contribution >= 4 is 23.1 Å². The summed E-state index contributed by atoms with van der Waals surface area (Å²) in [6, 6.07) is 7.98. The average molecular weight is 829 g/mol. The van der Waals surface area contributed by atoms with E-state index in [4.69, 9.17) is 30.5 Å². The molecule has 0 atom stereocenters. The molecule has 0 aromatic rings. The number of nitrogens with zero attached hydrogens (tertiary/aromatic N) is 4. The van der Waals surface area contributed by atoms with Crippen LogP contribution in [-0.4, -0.2) is 48.6 Å². The zero-order valence-corrected chi connectivity index (χ0v) is 39.3. The Morgan fingerprint density at radius 3 is 1.18 bits per heavy atom. The SMILES string of the molecule is C.CC(C)(C)C(=O)/C(C#N)=C/C1CC1.CC1(/C=C(\C#N)C(=O)C(C)(C)C)CCC1.CC1(/C=C(\C#N)C(=O)C(C)(C)C)COC1.CCOC(C)(C)/C=C(\C#N)C(=O)C(C)(C)C. The lowest BCUT2D eigenvalue weighted by Crippen LogP contribution is -2.38. The molecule has 0 aromatic carbocycles. The van der Waals surface area contributed by atoms with Gasteiger partial charge in [-0.1, -0.05) is 129 Å². The van der Waals surface area contributed by atoms with Crippen molar-refractivity contribution in [2.75, 3.05) is 19.8 Å². The summed E-state index contributed by atoms with van der Waals surface area (Å²) < 4.78 is 10.5. The van der Waals surface area contributed by atoms with E-state index in [1.54, 1.807) is 32.9 Å². The third kappa shape index (κ3) is 20.2. The molecule has 3 rings (SSSR count). The molecular weight excluding hydrogens is 753 g/mol. The van der Waals surface area contributed by atoms with Gasteiger partial charge in [0.1, 0.15) is 24.3 Å². The van der Waals surface area contributed by atoms with Crippen LogP contribution in [0.5, 0.6) is 0 Å². The van der Waals surface area contributed by atoms with Crippen molar-refractivity contribution < 1.29 is 28.7 Å². The summed E-state index contributed by atoms with van der Waals surface area (Å²) in [5.41, 5.74) is -1.44. The highest BCUT2D eigenvalue weighted by Crippen LogP contribution is 2.43. The molecule has 1 heterocycles. The van der Waals surface area contributed by atoms with E-state index in [-0.39, 0.29) is 52.5 Å². The Balaban J connectivity index is 0. The smallest absolute Gasteiger partial charge is 0.178 e. The Bertz CT molecular complexity index is 1750. The van der Waals surface area contributed by atoms with E-state index in [0.717, 1.165) is 25.7 Å². The van der Waals surface area contributed by atoms with E-state index < -0.39 is 27.3 Å². The van der Waals surface area contributed by atoms with Gasteiger partial charge in [-0.2, -0.15) is 21.0 Å². The third-order valence-corrected chi connectivity index (χ3v) is 9.56. The van der Waals surface area contributed by atoms with Gasteiger partial charge in [0.25, 0.3) is 0 Å². The van der Waals surface area contributed by atoms with Crippen molar-refractivity contribution in [3.05, 3.63) is 46.6 Å². The second kappa shape index (κ2) is 22.9. The molecule has 0 unspecified atom stereocenters. The zero-order valence-electron chi connectivity index (χ0n) is 39.3. The molecule has 0 N–H and O–H groups in total. The highest BCUT2D eigenvalue weighted by molar-refractivity contribution is 6.04. The van der Waals surface area contributed by atoms with Crippen LogP contribution in [-0.2, 0) is 28.7 Å². The minimum absolute atomic E-state index is 0. The lowest BCUT2D eigenvalue weighted by Gasteiger charge is -2.35. The summed E-state index contributed by atoms with van der Waals surface area (Å²) in [5.74, 6) is 0.155. The number of rotatable bonds is 10. The summed E-state index contributed by atoms with van der Waals surface area (Å²) in [7, 11) is 0. The Morgan fingerprint density at radius 2 is 0.933 bits per heavy atom. The van der Waals surface area contributed by atoms with Crippen LogP contribution in [0.15, 0.2) is 46.6 Å². The van der Waals surface area contributed by atoms with Gasteiger partial charge >= 0.3 is 0 Å². The molecule has 10 nitrogen and oxygen atoms in total. The molecule has 332 valence electrons. The van der Waals surface area contributed by atoms with Gasteiger partial charge in [-0.15, -0.1) is 0 Å². The molecule has 10 heteroatoms. The van der Waals surface area contributed by atoms with E-state index in [9.17, 15) is 19.2 Å². The average Bonchev–Trinajstić information content (AvgIpc) is 3.91. The molecular formula is C50H76N4O6. The topological polar surface area (TPSA) is 182 Å². The molecule has 0 radical (unpaired) electrons. The first kappa shape index (κ1) is 57.6. The first-order valence-electron chi connectivity index (χ1n) is 20.6. The minimum atomic E-state index is -0.583. The molecule has 3 fully saturated rings. The van der Waals surface area contributed by atoms with Gasteiger partial charge in [0.2, 0.25) is 0 Å².